The Hall–Kier alpha value is -0.590. The number of Topliss-reactive ketones (excluding diaryl/α,β-unsaturated/α-hetero) is 1. The molecule has 0 aromatic carbocycles. The maximum atomic E-state index is 11.8. The summed E-state index contributed by atoms with van der Waals surface area (Å²) in [6, 6.07) is 0. The number of carbonyl (C=O) groups excluding carboxylic acids is 1. The molecule has 3 rings (SSSR count). The van der Waals surface area contributed by atoms with Crippen molar-refractivity contribution >= 4 is 5.78 Å². The van der Waals surface area contributed by atoms with Crippen LogP contribution in [0.5, 0.6) is 0 Å². The quantitative estimate of drug-likeness (QED) is 0.519. The molecule has 0 heterocycles. The van der Waals surface area contributed by atoms with Crippen LogP contribution in [0.1, 0.15) is 39.0 Å². The lowest BCUT2D eigenvalue weighted by atomic mass is 9.86. The molecule has 0 spiro atoms. The van der Waals surface area contributed by atoms with Crippen LogP contribution in [-0.2, 0) is 4.79 Å². The van der Waals surface area contributed by atoms with Gasteiger partial charge in [-0.05, 0) is 37.0 Å². The second kappa shape index (κ2) is 2.26. The Morgan fingerprint density at radius 1 is 1.38 bits per heavy atom. The Morgan fingerprint density at radius 2 is 2.23 bits per heavy atom. The maximum absolute atomic E-state index is 11.8. The second-order valence-electron chi connectivity index (χ2n) is 5.10. The van der Waals surface area contributed by atoms with Crippen LogP contribution < -0.4 is 0 Å². The van der Waals surface area contributed by atoms with Crippen molar-refractivity contribution in [2.45, 2.75) is 39.0 Å². The van der Waals surface area contributed by atoms with E-state index in [1.165, 1.54) is 19.3 Å². The molecular weight excluding hydrogens is 160 g/mol. The third-order valence-corrected chi connectivity index (χ3v) is 4.37. The minimum Gasteiger partial charge on any atom is -0.299 e. The van der Waals surface area contributed by atoms with E-state index in [9.17, 15) is 4.79 Å². The average Bonchev–Trinajstić information content (AvgIpc) is 2.75. The molecule has 13 heavy (non-hydrogen) atoms. The topological polar surface area (TPSA) is 17.1 Å². The van der Waals surface area contributed by atoms with E-state index in [4.69, 9.17) is 0 Å². The van der Waals surface area contributed by atoms with Crippen LogP contribution in [0.3, 0.4) is 0 Å². The van der Waals surface area contributed by atoms with Crippen molar-refractivity contribution in [3.05, 3.63) is 11.6 Å². The van der Waals surface area contributed by atoms with E-state index in [2.05, 4.69) is 13.0 Å². The van der Waals surface area contributed by atoms with E-state index in [-0.39, 0.29) is 0 Å². The molecule has 70 valence electrons. The van der Waals surface area contributed by atoms with Gasteiger partial charge < -0.3 is 0 Å². The highest BCUT2D eigenvalue weighted by Gasteiger charge is 2.65. The van der Waals surface area contributed by atoms with Gasteiger partial charge in [0.05, 0.1) is 0 Å². The summed E-state index contributed by atoms with van der Waals surface area (Å²) < 4.78 is 0. The maximum Gasteiger partial charge on any atom is 0.137 e. The van der Waals surface area contributed by atoms with Gasteiger partial charge >= 0.3 is 0 Å². The first-order valence-electron chi connectivity index (χ1n) is 5.45. The predicted molar refractivity (Wildman–Crippen MR) is 51.3 cm³/mol. The molecule has 0 aliphatic heterocycles. The Morgan fingerprint density at radius 3 is 3.08 bits per heavy atom. The molecule has 0 radical (unpaired) electrons. The van der Waals surface area contributed by atoms with Crippen molar-refractivity contribution in [1.82, 2.24) is 0 Å². The fraction of sp³-hybridized carbons (Fsp3) is 0.750. The molecule has 0 amide bonds. The van der Waals surface area contributed by atoms with Gasteiger partial charge in [-0.3, -0.25) is 4.79 Å². The molecule has 3 aliphatic carbocycles. The van der Waals surface area contributed by atoms with Crippen LogP contribution >= 0.6 is 0 Å². The summed E-state index contributed by atoms with van der Waals surface area (Å²) >= 11 is 0. The van der Waals surface area contributed by atoms with Crippen molar-refractivity contribution in [1.29, 1.82) is 0 Å². The molecule has 0 aromatic rings. The number of fused-ring (bicyclic) bond motifs is 1. The molecule has 2 fully saturated rings. The monoisotopic (exact) mass is 176 g/mol. The van der Waals surface area contributed by atoms with Gasteiger partial charge in [0.1, 0.15) is 5.78 Å². The van der Waals surface area contributed by atoms with E-state index in [1.807, 2.05) is 0 Å². The minimum atomic E-state index is 0.390. The van der Waals surface area contributed by atoms with Crippen LogP contribution in [0.15, 0.2) is 11.6 Å². The van der Waals surface area contributed by atoms with Gasteiger partial charge in [0.2, 0.25) is 0 Å². The smallest absolute Gasteiger partial charge is 0.137 e. The largest absolute Gasteiger partial charge is 0.299 e. The molecule has 0 N–H and O–H groups in total. The fourth-order valence-electron chi connectivity index (χ4n) is 3.64. The Labute approximate surface area is 79.2 Å². The van der Waals surface area contributed by atoms with E-state index in [0.29, 0.717) is 23.0 Å². The highest BCUT2D eigenvalue weighted by molar-refractivity contribution is 5.87. The molecular formula is C12H16O. The van der Waals surface area contributed by atoms with Gasteiger partial charge in [-0.2, -0.15) is 0 Å². The Kier molecular flexibility index (Phi) is 1.35. The summed E-state index contributed by atoms with van der Waals surface area (Å²) in [7, 11) is 0. The van der Waals surface area contributed by atoms with Crippen LogP contribution in [-0.4, -0.2) is 5.78 Å². The molecule has 3 atom stereocenters. The first-order valence-corrected chi connectivity index (χ1v) is 5.45. The highest BCUT2D eigenvalue weighted by Crippen LogP contribution is 2.68. The van der Waals surface area contributed by atoms with Crippen LogP contribution in [0.2, 0.25) is 0 Å². The molecule has 0 aromatic heterocycles. The number of hydrogen-bond donors (Lipinski definition) is 0. The first-order chi connectivity index (χ1) is 6.23. The molecule has 1 nitrogen and oxygen atoms in total. The third-order valence-electron chi connectivity index (χ3n) is 4.37. The lowest BCUT2D eigenvalue weighted by molar-refractivity contribution is -0.121. The van der Waals surface area contributed by atoms with Gasteiger partial charge in [0.15, 0.2) is 0 Å². The van der Waals surface area contributed by atoms with Crippen molar-refractivity contribution < 1.29 is 4.79 Å². The molecule has 1 heteroatoms. The van der Waals surface area contributed by atoms with E-state index < -0.39 is 0 Å². The first kappa shape index (κ1) is 7.78. The van der Waals surface area contributed by atoms with Gasteiger partial charge in [-0.15, -0.1) is 0 Å². The zero-order chi connectivity index (χ0) is 9.05. The second-order valence-corrected chi connectivity index (χ2v) is 5.10. The van der Waals surface area contributed by atoms with Crippen LogP contribution in [0, 0.1) is 17.3 Å². The summed E-state index contributed by atoms with van der Waals surface area (Å²) in [6.07, 6.45) is 8.01. The van der Waals surface area contributed by atoms with Gasteiger partial charge in [0.25, 0.3) is 0 Å². The Bertz CT molecular complexity index is 302. The molecule has 3 aliphatic rings. The Balaban J connectivity index is 2.02. The van der Waals surface area contributed by atoms with E-state index in [0.717, 1.165) is 12.8 Å². The number of allylic oxidation sites excluding steroid dienone is 2. The SMILES string of the molecule is C[C@@]12CCC=C3CCCC(=O)[C@@H]1[C@H]32. The lowest BCUT2D eigenvalue weighted by Crippen LogP contribution is -2.10. The number of hydrogen-bond acceptors (Lipinski definition) is 1. The third kappa shape index (κ3) is 0.853. The standard InChI is InChI=1S/C12H16O/c1-12-7-3-5-8-4-2-6-9(13)11(12)10(8)12/h5,10-11H,2-4,6-7H2,1H3/t10-,11+,12-/m0/s1. The molecule has 2 saturated carbocycles. The summed E-state index contributed by atoms with van der Waals surface area (Å²) in [4.78, 5) is 11.8. The van der Waals surface area contributed by atoms with Crippen molar-refractivity contribution in [2.75, 3.05) is 0 Å². The van der Waals surface area contributed by atoms with Gasteiger partial charge in [-0.25, -0.2) is 0 Å². The summed E-state index contributed by atoms with van der Waals surface area (Å²) in [5.74, 6) is 1.64. The summed E-state index contributed by atoms with van der Waals surface area (Å²) in [5, 5.41) is 0. The fourth-order valence-corrected chi connectivity index (χ4v) is 3.64. The number of rotatable bonds is 0. The highest BCUT2D eigenvalue weighted by atomic mass is 16.1. The predicted octanol–water partition coefficient (Wildman–Crippen LogP) is 2.71. The average molecular weight is 176 g/mol. The minimum absolute atomic E-state index is 0.390. The normalized spacial score (nSPS) is 47.8. The van der Waals surface area contributed by atoms with Crippen molar-refractivity contribution in [2.24, 2.45) is 17.3 Å². The van der Waals surface area contributed by atoms with Crippen LogP contribution in [0.25, 0.3) is 0 Å². The lowest BCUT2D eigenvalue weighted by Gasteiger charge is -2.18. The molecule has 0 saturated heterocycles. The zero-order valence-corrected chi connectivity index (χ0v) is 8.18. The van der Waals surface area contributed by atoms with Crippen molar-refractivity contribution in [3.63, 3.8) is 0 Å². The zero-order valence-electron chi connectivity index (χ0n) is 8.18. The molecule has 0 bridgehead atoms. The summed E-state index contributed by atoms with van der Waals surface area (Å²) in [5.41, 5.74) is 2.01. The van der Waals surface area contributed by atoms with E-state index >= 15 is 0 Å². The number of carbonyl (C=O) groups is 1. The summed E-state index contributed by atoms with van der Waals surface area (Å²) in [6.45, 7) is 2.32. The van der Waals surface area contributed by atoms with Crippen molar-refractivity contribution in [3.8, 4) is 0 Å². The van der Waals surface area contributed by atoms with Gasteiger partial charge in [-0.1, -0.05) is 18.6 Å². The molecule has 0 unspecified atom stereocenters. The van der Waals surface area contributed by atoms with Crippen LogP contribution in [0.4, 0.5) is 0 Å². The van der Waals surface area contributed by atoms with Gasteiger partial charge in [0, 0.05) is 12.3 Å². The number of ketones is 1. The van der Waals surface area contributed by atoms with E-state index in [1.54, 1.807) is 5.57 Å².